The van der Waals surface area contributed by atoms with Crippen molar-refractivity contribution in [2.45, 2.75) is 11.3 Å². The number of ether oxygens (including phenoxy) is 1. The number of nitrogens with one attached hydrogen (secondary N) is 1. The molecular weight excluding hydrogens is 413 g/mol. The van der Waals surface area contributed by atoms with E-state index in [0.29, 0.717) is 11.0 Å². The van der Waals surface area contributed by atoms with Crippen LogP contribution in [0, 0.1) is 0 Å². The lowest BCUT2D eigenvalue weighted by Crippen LogP contribution is -2.31. The molecule has 0 aliphatic heterocycles. The van der Waals surface area contributed by atoms with Crippen molar-refractivity contribution in [2.24, 2.45) is 0 Å². The van der Waals surface area contributed by atoms with Crippen LogP contribution in [0.3, 0.4) is 0 Å². The molecule has 0 spiro atoms. The van der Waals surface area contributed by atoms with E-state index < -0.39 is 32.9 Å². The van der Waals surface area contributed by atoms with Gasteiger partial charge in [-0.15, -0.1) is 13.2 Å². The van der Waals surface area contributed by atoms with E-state index in [1.807, 2.05) is 19.0 Å². The number of hydrogen-bond donors (Lipinski definition) is 1. The van der Waals surface area contributed by atoms with Crippen LogP contribution in [-0.4, -0.2) is 34.8 Å². The summed E-state index contributed by atoms with van der Waals surface area (Å²) in [5.74, 6) is -2.40. The first-order chi connectivity index (χ1) is 13.5. The van der Waals surface area contributed by atoms with E-state index >= 15 is 0 Å². The van der Waals surface area contributed by atoms with E-state index in [1.165, 1.54) is 18.2 Å². The number of rotatable bonds is 5. The third kappa shape index (κ3) is 4.62. The number of furan rings is 1. The fourth-order valence-corrected chi connectivity index (χ4v) is 3.61. The summed E-state index contributed by atoms with van der Waals surface area (Å²) >= 11 is 0. The largest absolute Gasteiger partial charge is 0.573 e. The Labute approximate surface area is 163 Å². The molecule has 0 unspecified atom stereocenters. The van der Waals surface area contributed by atoms with Gasteiger partial charge in [0.05, 0.1) is 0 Å². The number of anilines is 1. The SMILES string of the molecule is CN(C)c1ccc2cc(C(=O)NS(=O)(=O)c3ccccc3OC(F)(F)F)oc2c1. The molecule has 0 saturated heterocycles. The highest BCUT2D eigenvalue weighted by atomic mass is 32.2. The average Bonchev–Trinajstić information content (AvgIpc) is 3.03. The van der Waals surface area contributed by atoms with Gasteiger partial charge in [0, 0.05) is 31.2 Å². The van der Waals surface area contributed by atoms with Crippen LogP contribution in [0.5, 0.6) is 5.75 Å². The lowest BCUT2D eigenvalue weighted by atomic mass is 10.2. The summed E-state index contributed by atoms with van der Waals surface area (Å²) in [5.41, 5.74) is 1.14. The normalized spacial score (nSPS) is 12.0. The van der Waals surface area contributed by atoms with Gasteiger partial charge in [-0.1, -0.05) is 12.1 Å². The number of alkyl halides is 3. The minimum absolute atomic E-state index is 0.311. The van der Waals surface area contributed by atoms with Gasteiger partial charge in [0.15, 0.2) is 5.76 Å². The lowest BCUT2D eigenvalue weighted by molar-refractivity contribution is -0.275. The molecule has 2 aromatic carbocycles. The van der Waals surface area contributed by atoms with E-state index in [9.17, 15) is 26.4 Å². The Kier molecular flexibility index (Phi) is 5.18. The van der Waals surface area contributed by atoms with Crippen LogP contribution < -0.4 is 14.4 Å². The van der Waals surface area contributed by atoms with Crippen molar-refractivity contribution >= 4 is 32.6 Å². The molecule has 11 heteroatoms. The molecule has 3 rings (SSSR count). The van der Waals surface area contributed by atoms with Crippen molar-refractivity contribution in [1.82, 2.24) is 4.72 Å². The van der Waals surface area contributed by atoms with Gasteiger partial charge in [0.1, 0.15) is 16.2 Å². The van der Waals surface area contributed by atoms with Gasteiger partial charge in [-0.05, 0) is 30.3 Å². The number of para-hydroxylation sites is 1. The second kappa shape index (κ2) is 7.32. The summed E-state index contributed by atoms with van der Waals surface area (Å²) < 4.78 is 73.3. The number of fused-ring (bicyclic) bond motifs is 1. The molecule has 154 valence electrons. The smallest absolute Gasteiger partial charge is 0.451 e. The van der Waals surface area contributed by atoms with E-state index in [-0.39, 0.29) is 5.76 Å². The Balaban J connectivity index is 1.90. The monoisotopic (exact) mass is 428 g/mol. The molecule has 0 fully saturated rings. The molecular formula is C18H15F3N2O5S. The summed E-state index contributed by atoms with van der Waals surface area (Å²) in [5, 5.41) is 0.555. The Bertz CT molecular complexity index is 1170. The predicted molar refractivity (Wildman–Crippen MR) is 98.3 cm³/mol. The highest BCUT2D eigenvalue weighted by Gasteiger charge is 2.34. The molecule has 29 heavy (non-hydrogen) atoms. The zero-order chi connectivity index (χ0) is 21.4. The van der Waals surface area contributed by atoms with E-state index in [0.717, 1.165) is 17.8 Å². The first-order valence-corrected chi connectivity index (χ1v) is 9.57. The molecule has 0 aliphatic carbocycles. The van der Waals surface area contributed by atoms with Gasteiger partial charge in [-0.25, -0.2) is 13.1 Å². The molecule has 3 aromatic rings. The maximum atomic E-state index is 12.5. The van der Waals surface area contributed by atoms with Crippen LogP contribution in [0.25, 0.3) is 11.0 Å². The molecule has 1 heterocycles. The third-order valence-corrected chi connectivity index (χ3v) is 5.21. The van der Waals surface area contributed by atoms with Gasteiger partial charge in [0.2, 0.25) is 0 Å². The zero-order valence-corrected chi connectivity index (χ0v) is 16.0. The van der Waals surface area contributed by atoms with E-state index in [2.05, 4.69) is 4.74 Å². The highest BCUT2D eigenvalue weighted by molar-refractivity contribution is 7.90. The molecule has 1 N–H and O–H groups in total. The number of carbonyl (C=O) groups is 1. The van der Waals surface area contributed by atoms with Crippen LogP contribution in [0.15, 0.2) is 57.8 Å². The van der Waals surface area contributed by atoms with Crippen LogP contribution in [0.4, 0.5) is 18.9 Å². The number of nitrogens with zero attached hydrogens (tertiary/aromatic N) is 1. The third-order valence-electron chi connectivity index (χ3n) is 3.84. The van der Waals surface area contributed by atoms with E-state index in [1.54, 1.807) is 22.9 Å². The number of amides is 1. The van der Waals surface area contributed by atoms with Crippen molar-refractivity contribution in [1.29, 1.82) is 0 Å². The summed E-state index contributed by atoms with van der Waals surface area (Å²) in [7, 11) is -1.04. The van der Waals surface area contributed by atoms with Crippen LogP contribution in [0.1, 0.15) is 10.6 Å². The van der Waals surface area contributed by atoms with Gasteiger partial charge in [0.25, 0.3) is 10.0 Å². The summed E-state index contributed by atoms with van der Waals surface area (Å²) in [6, 6.07) is 10.5. The van der Waals surface area contributed by atoms with Crippen molar-refractivity contribution in [3.05, 3.63) is 54.3 Å². The molecule has 0 radical (unpaired) electrons. The summed E-state index contributed by atoms with van der Waals surface area (Å²) in [6.45, 7) is 0. The van der Waals surface area contributed by atoms with Gasteiger partial charge in [-0.3, -0.25) is 4.79 Å². The van der Waals surface area contributed by atoms with Crippen LogP contribution in [-0.2, 0) is 10.0 Å². The predicted octanol–water partition coefficient (Wildman–Crippen LogP) is 3.52. The molecule has 0 bridgehead atoms. The fraction of sp³-hybridized carbons (Fsp3) is 0.167. The molecule has 0 aliphatic rings. The van der Waals surface area contributed by atoms with Crippen molar-refractivity contribution < 1.29 is 35.5 Å². The van der Waals surface area contributed by atoms with Gasteiger partial charge < -0.3 is 14.1 Å². The topological polar surface area (TPSA) is 88.9 Å². The Morgan fingerprint density at radius 1 is 1.10 bits per heavy atom. The van der Waals surface area contributed by atoms with Crippen LogP contribution >= 0.6 is 0 Å². The van der Waals surface area contributed by atoms with Crippen molar-refractivity contribution in [2.75, 3.05) is 19.0 Å². The van der Waals surface area contributed by atoms with E-state index in [4.69, 9.17) is 4.42 Å². The van der Waals surface area contributed by atoms with Gasteiger partial charge in [-0.2, -0.15) is 0 Å². The molecule has 7 nitrogen and oxygen atoms in total. The first kappa shape index (κ1) is 20.5. The van der Waals surface area contributed by atoms with Crippen LogP contribution in [0.2, 0.25) is 0 Å². The maximum Gasteiger partial charge on any atom is 0.573 e. The Hall–Kier alpha value is -3.21. The Morgan fingerprint density at radius 2 is 1.79 bits per heavy atom. The average molecular weight is 428 g/mol. The highest BCUT2D eigenvalue weighted by Crippen LogP contribution is 2.30. The quantitative estimate of drug-likeness (QED) is 0.669. The number of sulfonamides is 1. The summed E-state index contributed by atoms with van der Waals surface area (Å²) in [4.78, 5) is 13.3. The molecule has 1 aromatic heterocycles. The second-order valence-corrected chi connectivity index (χ2v) is 7.81. The fourth-order valence-electron chi connectivity index (χ4n) is 2.52. The number of carbonyl (C=O) groups excluding carboxylic acids is 1. The molecule has 1 amide bonds. The zero-order valence-electron chi connectivity index (χ0n) is 15.1. The lowest BCUT2D eigenvalue weighted by Gasteiger charge is -2.13. The van der Waals surface area contributed by atoms with Crippen molar-refractivity contribution in [3.8, 4) is 5.75 Å². The first-order valence-electron chi connectivity index (χ1n) is 8.09. The number of benzene rings is 2. The Morgan fingerprint density at radius 3 is 2.45 bits per heavy atom. The second-order valence-electron chi connectivity index (χ2n) is 6.16. The maximum absolute atomic E-state index is 12.5. The van der Waals surface area contributed by atoms with Gasteiger partial charge >= 0.3 is 12.3 Å². The summed E-state index contributed by atoms with van der Waals surface area (Å²) in [6.07, 6.45) is -5.10. The number of halogens is 3. The van der Waals surface area contributed by atoms with Crippen molar-refractivity contribution in [3.63, 3.8) is 0 Å². The molecule has 0 saturated carbocycles. The number of hydrogen-bond acceptors (Lipinski definition) is 6. The minimum Gasteiger partial charge on any atom is -0.451 e. The minimum atomic E-state index is -5.10. The standard InChI is InChI=1S/C18H15F3N2O5S/c1-23(2)12-8-7-11-9-15(27-14(11)10-12)17(24)22-29(25,26)16-6-4-3-5-13(16)28-18(19,20)21/h3-10H,1-2H3,(H,22,24). The molecule has 0 atom stereocenters.